The summed E-state index contributed by atoms with van der Waals surface area (Å²) in [5.74, 6) is 1.07. The molecule has 1 saturated heterocycles. The highest BCUT2D eigenvalue weighted by molar-refractivity contribution is 7.85. The van der Waals surface area contributed by atoms with E-state index in [2.05, 4.69) is 0 Å². The van der Waals surface area contributed by atoms with Crippen LogP contribution in [0.25, 0.3) is 0 Å². The number of carbonyl (C=O) groups excluding carboxylic acids is 1. The molecule has 2 aromatic rings. The van der Waals surface area contributed by atoms with Crippen LogP contribution >= 0.6 is 11.6 Å². The van der Waals surface area contributed by atoms with Gasteiger partial charge in [0.2, 0.25) is 5.75 Å². The molecule has 2 aromatic carbocycles. The third-order valence-electron chi connectivity index (χ3n) is 6.37. The number of halogens is 1. The molecule has 0 spiro atoms. The molecule has 11 heteroatoms. The number of nitrogens with zero attached hydrogens (tertiary/aromatic N) is 1. The summed E-state index contributed by atoms with van der Waals surface area (Å²) in [4.78, 5) is 15.2. The van der Waals surface area contributed by atoms with Crippen LogP contribution in [0.15, 0.2) is 30.3 Å². The van der Waals surface area contributed by atoms with Gasteiger partial charge in [-0.1, -0.05) is 17.7 Å². The van der Waals surface area contributed by atoms with Gasteiger partial charge in [-0.2, -0.15) is 8.42 Å². The van der Waals surface area contributed by atoms with Gasteiger partial charge in [-0.25, -0.2) is 0 Å². The molecule has 1 aliphatic rings. The number of ether oxygens (including phenoxy) is 4. The van der Waals surface area contributed by atoms with Crippen molar-refractivity contribution in [3.05, 3.63) is 46.5 Å². The number of likely N-dealkylation sites (tertiary alicyclic amines) is 1. The largest absolute Gasteiger partial charge is 0.495 e. The van der Waals surface area contributed by atoms with Crippen LogP contribution < -0.4 is 18.9 Å². The molecule has 0 aliphatic carbocycles. The first-order chi connectivity index (χ1) is 16.6. The van der Waals surface area contributed by atoms with Gasteiger partial charge >= 0.3 is 0 Å². The minimum Gasteiger partial charge on any atom is -0.495 e. The molecule has 1 heterocycles. The summed E-state index contributed by atoms with van der Waals surface area (Å²) in [5.41, 5.74) is 0.705. The first-order valence-corrected chi connectivity index (χ1v) is 12.9. The Morgan fingerprint density at radius 3 is 2.17 bits per heavy atom. The number of hydrogen-bond donors (Lipinski definition) is 1. The van der Waals surface area contributed by atoms with Crippen molar-refractivity contribution >= 4 is 27.6 Å². The van der Waals surface area contributed by atoms with Crippen molar-refractivity contribution in [2.24, 2.45) is 0 Å². The normalized spacial score (nSPS) is 17.8. The van der Waals surface area contributed by atoms with Crippen molar-refractivity contribution in [1.29, 1.82) is 0 Å². The lowest BCUT2D eigenvalue weighted by atomic mass is 9.76. The SMILES string of the molecule is COc1ccc(C2(CCCS(=O)(=O)O)CCN(C(=O)c3cc(OC)c(OC)c(OC)c3)C2)cc1Cl. The van der Waals surface area contributed by atoms with Crippen molar-refractivity contribution < 1.29 is 36.7 Å². The highest BCUT2D eigenvalue weighted by Gasteiger charge is 2.42. The first kappa shape index (κ1) is 26.9. The molecule has 1 aliphatic heterocycles. The van der Waals surface area contributed by atoms with Gasteiger partial charge in [0.25, 0.3) is 16.0 Å². The van der Waals surface area contributed by atoms with Gasteiger partial charge < -0.3 is 23.8 Å². The topological polar surface area (TPSA) is 112 Å². The average Bonchev–Trinajstić information content (AvgIpc) is 3.27. The van der Waals surface area contributed by atoms with Crippen molar-refractivity contribution in [2.75, 3.05) is 47.3 Å². The van der Waals surface area contributed by atoms with Crippen LogP contribution in [0.5, 0.6) is 23.0 Å². The number of rotatable bonds is 10. The highest BCUT2D eigenvalue weighted by Crippen LogP contribution is 2.43. The summed E-state index contributed by atoms with van der Waals surface area (Å²) >= 11 is 6.39. The Labute approximate surface area is 210 Å². The van der Waals surface area contributed by atoms with Gasteiger partial charge in [-0.05, 0) is 49.1 Å². The highest BCUT2D eigenvalue weighted by atomic mass is 35.5. The molecule has 1 fully saturated rings. The lowest BCUT2D eigenvalue weighted by Gasteiger charge is -2.30. The predicted molar refractivity (Wildman–Crippen MR) is 132 cm³/mol. The molecule has 1 unspecified atom stereocenters. The number of methoxy groups -OCH3 is 4. The second kappa shape index (κ2) is 10.9. The van der Waals surface area contributed by atoms with E-state index in [-0.39, 0.29) is 18.1 Å². The van der Waals surface area contributed by atoms with Crippen molar-refractivity contribution in [2.45, 2.75) is 24.7 Å². The number of carbonyl (C=O) groups is 1. The molecule has 192 valence electrons. The summed E-state index contributed by atoms with van der Waals surface area (Å²) in [6.45, 7) is 0.793. The zero-order valence-electron chi connectivity index (χ0n) is 20.2. The minimum atomic E-state index is -4.10. The van der Waals surface area contributed by atoms with Gasteiger partial charge in [-0.3, -0.25) is 9.35 Å². The maximum atomic E-state index is 13.5. The van der Waals surface area contributed by atoms with E-state index in [0.717, 1.165) is 5.56 Å². The van der Waals surface area contributed by atoms with Crippen molar-refractivity contribution in [3.8, 4) is 23.0 Å². The standard InChI is InChI=1S/C24H30ClNO8S/c1-31-19-7-6-17(14-18(19)25)24(8-5-11-35(28,29)30)9-10-26(15-24)23(27)16-12-20(32-2)22(34-4)21(13-16)33-3/h6-7,12-14H,5,8-11,15H2,1-4H3,(H,28,29,30). The van der Waals surface area contributed by atoms with Crippen LogP contribution in [0.2, 0.25) is 5.02 Å². The van der Waals surface area contributed by atoms with Crippen LogP contribution in [0.3, 0.4) is 0 Å². The molecular weight excluding hydrogens is 498 g/mol. The zero-order chi connectivity index (χ0) is 25.8. The Morgan fingerprint density at radius 2 is 1.66 bits per heavy atom. The minimum absolute atomic E-state index is 0.222. The molecule has 0 saturated carbocycles. The van der Waals surface area contributed by atoms with Gasteiger partial charge in [0.1, 0.15) is 5.75 Å². The molecule has 3 rings (SSSR count). The Hall–Kier alpha value is -2.69. The van der Waals surface area contributed by atoms with Crippen LogP contribution in [0, 0.1) is 0 Å². The molecule has 9 nitrogen and oxygen atoms in total. The quantitative estimate of drug-likeness (QED) is 0.464. The molecule has 0 radical (unpaired) electrons. The monoisotopic (exact) mass is 527 g/mol. The van der Waals surface area contributed by atoms with Crippen LogP contribution in [-0.2, 0) is 15.5 Å². The fourth-order valence-electron chi connectivity index (χ4n) is 4.61. The third-order valence-corrected chi connectivity index (χ3v) is 7.47. The molecule has 1 amide bonds. The molecular formula is C24H30ClNO8S. The smallest absolute Gasteiger partial charge is 0.264 e. The first-order valence-electron chi connectivity index (χ1n) is 11.0. The maximum absolute atomic E-state index is 13.5. The summed E-state index contributed by atoms with van der Waals surface area (Å²) in [6, 6.07) is 8.64. The molecule has 1 atom stereocenters. The number of hydrogen-bond acceptors (Lipinski definition) is 7. The van der Waals surface area contributed by atoms with E-state index in [4.69, 9.17) is 30.5 Å². The third kappa shape index (κ3) is 5.94. The Morgan fingerprint density at radius 1 is 1.03 bits per heavy atom. The fourth-order valence-corrected chi connectivity index (χ4v) is 5.37. The summed E-state index contributed by atoms with van der Waals surface area (Å²) in [6.07, 6.45) is 1.26. The second-order valence-electron chi connectivity index (χ2n) is 8.41. The Bertz CT molecular complexity index is 1160. The maximum Gasteiger partial charge on any atom is 0.264 e. The van der Waals surface area contributed by atoms with Crippen LogP contribution in [-0.4, -0.2) is 71.1 Å². The Kier molecular flexibility index (Phi) is 8.40. The van der Waals surface area contributed by atoms with Gasteiger partial charge in [0, 0.05) is 24.1 Å². The van der Waals surface area contributed by atoms with Crippen LogP contribution in [0.1, 0.15) is 35.2 Å². The molecule has 35 heavy (non-hydrogen) atoms. The lowest BCUT2D eigenvalue weighted by molar-refractivity contribution is 0.0781. The van der Waals surface area contributed by atoms with Crippen LogP contribution in [0.4, 0.5) is 0 Å². The van der Waals surface area contributed by atoms with E-state index in [1.165, 1.54) is 28.4 Å². The van der Waals surface area contributed by atoms with E-state index in [1.54, 1.807) is 29.2 Å². The Balaban J connectivity index is 1.94. The molecule has 0 aromatic heterocycles. The summed E-state index contributed by atoms with van der Waals surface area (Å²) < 4.78 is 53.3. The number of amides is 1. The van der Waals surface area contributed by atoms with Crippen molar-refractivity contribution in [1.82, 2.24) is 4.90 Å². The van der Waals surface area contributed by atoms with E-state index in [0.29, 0.717) is 59.5 Å². The van der Waals surface area contributed by atoms with Crippen molar-refractivity contribution in [3.63, 3.8) is 0 Å². The average molecular weight is 528 g/mol. The van der Waals surface area contributed by atoms with E-state index < -0.39 is 15.5 Å². The summed E-state index contributed by atoms with van der Waals surface area (Å²) in [5, 5.41) is 0.425. The van der Waals surface area contributed by atoms with Gasteiger partial charge in [-0.15, -0.1) is 0 Å². The number of benzene rings is 2. The zero-order valence-corrected chi connectivity index (χ0v) is 21.7. The van der Waals surface area contributed by atoms with Gasteiger partial charge in [0.15, 0.2) is 11.5 Å². The molecule has 0 bridgehead atoms. The fraction of sp³-hybridized carbons (Fsp3) is 0.458. The second-order valence-corrected chi connectivity index (χ2v) is 10.4. The lowest BCUT2D eigenvalue weighted by Crippen LogP contribution is -2.35. The van der Waals surface area contributed by atoms with E-state index >= 15 is 0 Å². The van der Waals surface area contributed by atoms with E-state index in [1.807, 2.05) is 6.07 Å². The predicted octanol–water partition coefficient (Wildman–Crippen LogP) is 3.83. The van der Waals surface area contributed by atoms with Gasteiger partial charge in [0.05, 0.1) is 39.2 Å². The summed E-state index contributed by atoms with van der Waals surface area (Å²) in [7, 11) is 1.87. The molecule has 1 N–H and O–H groups in total. The van der Waals surface area contributed by atoms with E-state index in [9.17, 15) is 17.8 Å².